The van der Waals surface area contributed by atoms with E-state index >= 15 is 0 Å². The Hall–Kier alpha value is -5.72. The maximum atomic E-state index is 2.41. The summed E-state index contributed by atoms with van der Waals surface area (Å²) in [5.74, 6) is 0. The van der Waals surface area contributed by atoms with Crippen molar-refractivity contribution in [1.82, 2.24) is 0 Å². The van der Waals surface area contributed by atoms with Gasteiger partial charge in [0.2, 0.25) is 0 Å². The van der Waals surface area contributed by atoms with Crippen LogP contribution in [-0.2, 0) is 5.41 Å². The highest BCUT2D eigenvalue weighted by Gasteiger charge is 2.37. The van der Waals surface area contributed by atoms with E-state index in [1.807, 2.05) is 0 Å². The lowest BCUT2D eigenvalue weighted by Crippen LogP contribution is -2.14. The van der Waals surface area contributed by atoms with Crippen LogP contribution in [0.25, 0.3) is 77.2 Å². The van der Waals surface area contributed by atoms with Crippen LogP contribution in [0.4, 0.5) is 0 Å². The van der Waals surface area contributed by atoms with Crippen molar-refractivity contribution in [2.75, 3.05) is 0 Å². The minimum atomic E-state index is -0.0578. The predicted octanol–water partition coefficient (Wildman–Crippen LogP) is 13.3. The van der Waals surface area contributed by atoms with Crippen LogP contribution in [-0.4, -0.2) is 0 Å². The lowest BCUT2D eigenvalue weighted by molar-refractivity contribution is 0.660. The fourth-order valence-electron chi connectivity index (χ4n) is 8.28. The molecule has 8 aromatic carbocycles. The van der Waals surface area contributed by atoms with Crippen molar-refractivity contribution < 1.29 is 0 Å². The first-order chi connectivity index (χ1) is 23.5. The summed E-state index contributed by atoms with van der Waals surface area (Å²) in [5, 5.41) is 5.14. The predicted molar refractivity (Wildman–Crippen MR) is 205 cm³/mol. The quantitative estimate of drug-likeness (QED) is 0.173. The van der Waals surface area contributed by atoms with E-state index in [0.717, 1.165) is 0 Å². The van der Waals surface area contributed by atoms with Crippen molar-refractivity contribution in [3.63, 3.8) is 0 Å². The smallest absolute Gasteiger partial charge is 0.0159 e. The largest absolute Gasteiger partial charge is 0.0622 e. The van der Waals surface area contributed by atoms with Gasteiger partial charge in [-0.15, -0.1) is 0 Å². The normalized spacial score (nSPS) is 13.1. The van der Waals surface area contributed by atoms with E-state index in [4.69, 9.17) is 0 Å². The van der Waals surface area contributed by atoms with Crippen LogP contribution >= 0.6 is 0 Å². The van der Waals surface area contributed by atoms with Crippen molar-refractivity contribution in [2.24, 2.45) is 0 Å². The fraction of sp³-hybridized carbons (Fsp3) is 0.0833. The highest BCUT2D eigenvalue weighted by molar-refractivity contribution is 6.23. The molecule has 1 aliphatic rings. The van der Waals surface area contributed by atoms with Gasteiger partial charge in [0, 0.05) is 5.41 Å². The molecule has 0 spiro atoms. The van der Waals surface area contributed by atoms with Gasteiger partial charge in [-0.25, -0.2) is 0 Å². The van der Waals surface area contributed by atoms with Gasteiger partial charge >= 0.3 is 0 Å². The third-order valence-electron chi connectivity index (χ3n) is 10.5. The Bertz CT molecular complexity index is 2520. The van der Waals surface area contributed by atoms with Gasteiger partial charge in [-0.1, -0.05) is 177 Å². The maximum Gasteiger partial charge on any atom is 0.0159 e. The second-order valence-corrected chi connectivity index (χ2v) is 13.7. The molecular weight excluding hydrogens is 577 g/mol. The third-order valence-corrected chi connectivity index (χ3v) is 10.5. The van der Waals surface area contributed by atoms with Crippen molar-refractivity contribution in [2.45, 2.75) is 26.2 Å². The van der Waals surface area contributed by atoms with Crippen LogP contribution in [0.2, 0.25) is 0 Å². The Balaban J connectivity index is 1.38. The van der Waals surface area contributed by atoms with Gasteiger partial charge < -0.3 is 0 Å². The van der Waals surface area contributed by atoms with Gasteiger partial charge in [0.15, 0.2) is 0 Å². The lowest BCUT2D eigenvalue weighted by Gasteiger charge is -2.23. The molecule has 9 rings (SSSR count). The zero-order valence-corrected chi connectivity index (χ0v) is 27.6. The van der Waals surface area contributed by atoms with Crippen LogP contribution < -0.4 is 0 Å². The SMILES string of the molecule is Cc1ccc2c(-c3ccc(-c4ccccc4)c(-c4ccccc4)c3)c3ccccc3c(-c3cccc4c3-c3ccccc3C4(C)C)c2c1. The summed E-state index contributed by atoms with van der Waals surface area (Å²) in [6.45, 7) is 6.96. The van der Waals surface area contributed by atoms with Crippen LogP contribution in [0.15, 0.2) is 164 Å². The zero-order valence-electron chi connectivity index (χ0n) is 27.6. The van der Waals surface area contributed by atoms with Gasteiger partial charge in [0.25, 0.3) is 0 Å². The summed E-state index contributed by atoms with van der Waals surface area (Å²) in [6, 6.07) is 60.7. The topological polar surface area (TPSA) is 0 Å². The summed E-state index contributed by atoms with van der Waals surface area (Å²) in [4.78, 5) is 0. The molecule has 0 saturated carbocycles. The molecule has 48 heavy (non-hydrogen) atoms. The van der Waals surface area contributed by atoms with Crippen molar-refractivity contribution in [3.05, 3.63) is 180 Å². The van der Waals surface area contributed by atoms with Crippen LogP contribution in [0.5, 0.6) is 0 Å². The molecule has 0 unspecified atom stereocenters. The number of hydrogen-bond donors (Lipinski definition) is 0. The molecule has 0 nitrogen and oxygen atoms in total. The Labute approximate surface area is 283 Å². The van der Waals surface area contributed by atoms with Crippen LogP contribution in [0, 0.1) is 6.92 Å². The number of fused-ring (bicyclic) bond motifs is 5. The maximum absolute atomic E-state index is 2.41. The number of hydrogen-bond acceptors (Lipinski definition) is 0. The van der Waals surface area contributed by atoms with E-state index in [1.165, 1.54) is 93.9 Å². The first kappa shape index (κ1) is 28.5. The molecular formula is C48H36. The second-order valence-electron chi connectivity index (χ2n) is 13.7. The Kier molecular flexibility index (Phi) is 6.49. The monoisotopic (exact) mass is 612 g/mol. The van der Waals surface area contributed by atoms with E-state index < -0.39 is 0 Å². The summed E-state index contributed by atoms with van der Waals surface area (Å²) in [7, 11) is 0. The molecule has 0 saturated heterocycles. The van der Waals surface area contributed by atoms with E-state index in [2.05, 4.69) is 185 Å². The molecule has 0 heteroatoms. The standard InChI is InChI=1S/C48H36/c1-31-25-27-38-42(29-31)46(40-22-14-24-44-47(40)39-21-12-13-23-43(39)48(44,2)3)37-20-11-10-19-36(37)45(38)34-26-28-35(32-15-6-4-7-16-32)41(30-34)33-17-8-5-9-18-33/h4-30H,1-3H3. The average molecular weight is 613 g/mol. The van der Waals surface area contributed by atoms with Gasteiger partial charge in [-0.05, 0) is 101 Å². The number of rotatable bonds is 4. The van der Waals surface area contributed by atoms with E-state index in [-0.39, 0.29) is 5.41 Å². The molecule has 1 aliphatic carbocycles. The molecule has 0 bridgehead atoms. The van der Waals surface area contributed by atoms with Gasteiger partial charge in [0.1, 0.15) is 0 Å². The molecule has 0 amide bonds. The molecule has 0 aromatic heterocycles. The highest BCUT2D eigenvalue weighted by Crippen LogP contribution is 2.54. The summed E-state index contributed by atoms with van der Waals surface area (Å²) in [6.07, 6.45) is 0. The number of benzene rings is 8. The third kappa shape index (κ3) is 4.30. The van der Waals surface area contributed by atoms with E-state index in [0.29, 0.717) is 0 Å². The molecule has 8 aromatic rings. The Morgan fingerprint density at radius 3 is 1.67 bits per heavy atom. The second kappa shape index (κ2) is 10.9. The van der Waals surface area contributed by atoms with Crippen molar-refractivity contribution >= 4 is 21.5 Å². The van der Waals surface area contributed by atoms with Crippen molar-refractivity contribution in [1.29, 1.82) is 0 Å². The highest BCUT2D eigenvalue weighted by atomic mass is 14.4. The molecule has 0 fully saturated rings. The molecule has 0 heterocycles. The lowest BCUT2D eigenvalue weighted by atomic mass is 9.80. The van der Waals surface area contributed by atoms with E-state index in [1.54, 1.807) is 0 Å². The molecule has 0 radical (unpaired) electrons. The molecule has 228 valence electrons. The Morgan fingerprint density at radius 2 is 0.917 bits per heavy atom. The van der Waals surface area contributed by atoms with Crippen molar-refractivity contribution in [3.8, 4) is 55.6 Å². The minimum Gasteiger partial charge on any atom is -0.0622 e. The van der Waals surface area contributed by atoms with Gasteiger partial charge in [0.05, 0.1) is 0 Å². The van der Waals surface area contributed by atoms with Gasteiger partial charge in [-0.3, -0.25) is 0 Å². The van der Waals surface area contributed by atoms with Crippen LogP contribution in [0.1, 0.15) is 30.5 Å². The molecule has 0 N–H and O–H groups in total. The first-order valence-corrected chi connectivity index (χ1v) is 16.9. The minimum absolute atomic E-state index is 0.0578. The number of aryl methyl sites for hydroxylation is 1. The Morgan fingerprint density at radius 1 is 0.333 bits per heavy atom. The summed E-state index contributed by atoms with van der Waals surface area (Å²) >= 11 is 0. The summed E-state index contributed by atoms with van der Waals surface area (Å²) < 4.78 is 0. The van der Waals surface area contributed by atoms with E-state index in [9.17, 15) is 0 Å². The zero-order chi connectivity index (χ0) is 32.4. The van der Waals surface area contributed by atoms with Gasteiger partial charge in [-0.2, -0.15) is 0 Å². The fourth-order valence-corrected chi connectivity index (χ4v) is 8.28. The molecule has 0 aliphatic heterocycles. The molecule has 0 atom stereocenters. The first-order valence-electron chi connectivity index (χ1n) is 16.9. The average Bonchev–Trinajstić information content (AvgIpc) is 3.37. The summed E-state index contributed by atoms with van der Waals surface area (Å²) in [5.41, 5.74) is 16.8. The van der Waals surface area contributed by atoms with Crippen LogP contribution in [0.3, 0.4) is 0 Å².